The number of nitrogens with one attached hydrogen (secondary N) is 2. The molecule has 7 nitrogen and oxygen atoms in total. The van der Waals surface area contributed by atoms with Gasteiger partial charge >= 0.3 is 0 Å². The van der Waals surface area contributed by atoms with Gasteiger partial charge in [-0.25, -0.2) is 15.0 Å². The number of aromatic amines is 1. The van der Waals surface area contributed by atoms with Crippen molar-refractivity contribution in [3.8, 4) is 11.3 Å². The Balaban J connectivity index is 0.000000924. The number of nitrogen functional groups attached to an aromatic ring is 1. The van der Waals surface area contributed by atoms with Gasteiger partial charge in [0.2, 0.25) is 17.8 Å². The number of H-pyrrole nitrogens is 1. The lowest BCUT2D eigenvalue weighted by Crippen LogP contribution is -2.06. The van der Waals surface area contributed by atoms with Crippen molar-refractivity contribution in [2.45, 2.75) is 27.7 Å². The molecule has 0 aliphatic carbocycles. The maximum absolute atomic E-state index is 11.1. The summed E-state index contributed by atoms with van der Waals surface area (Å²) in [5.74, 6) is 0.496. The van der Waals surface area contributed by atoms with Crippen LogP contribution < -0.4 is 11.1 Å². The van der Waals surface area contributed by atoms with Crippen molar-refractivity contribution in [3.63, 3.8) is 0 Å². The van der Waals surface area contributed by atoms with Crippen molar-refractivity contribution >= 4 is 28.8 Å². The molecular weight excluding hydrogens is 292 g/mol. The van der Waals surface area contributed by atoms with Gasteiger partial charge in [-0.3, -0.25) is 10.1 Å². The monoisotopic (exact) mass is 312 g/mol. The Morgan fingerprint density at radius 2 is 1.91 bits per heavy atom. The van der Waals surface area contributed by atoms with Crippen molar-refractivity contribution in [3.05, 3.63) is 30.0 Å². The number of carbonyl (C=O) groups is 1. The summed E-state index contributed by atoms with van der Waals surface area (Å²) in [5, 5.41) is 2.62. The van der Waals surface area contributed by atoms with Gasteiger partial charge in [-0.05, 0) is 25.1 Å². The van der Waals surface area contributed by atoms with E-state index in [9.17, 15) is 4.79 Å². The van der Waals surface area contributed by atoms with Crippen LogP contribution >= 0.6 is 0 Å². The van der Waals surface area contributed by atoms with Crippen molar-refractivity contribution < 1.29 is 4.79 Å². The number of fused-ring (bicyclic) bond motifs is 1. The van der Waals surface area contributed by atoms with Crippen LogP contribution in [0.5, 0.6) is 0 Å². The van der Waals surface area contributed by atoms with Gasteiger partial charge in [0, 0.05) is 18.2 Å². The Bertz CT molecular complexity index is 819. The Kier molecular flexibility index (Phi) is 4.90. The molecular formula is C16H20N6O. The third-order valence-corrected chi connectivity index (χ3v) is 2.94. The van der Waals surface area contributed by atoms with Crippen LogP contribution in [-0.4, -0.2) is 25.8 Å². The molecule has 7 heteroatoms. The van der Waals surface area contributed by atoms with E-state index in [-0.39, 0.29) is 11.9 Å². The Morgan fingerprint density at radius 3 is 2.57 bits per heavy atom. The van der Waals surface area contributed by atoms with Crippen LogP contribution in [0.2, 0.25) is 0 Å². The third kappa shape index (κ3) is 3.82. The van der Waals surface area contributed by atoms with E-state index in [0.717, 1.165) is 28.0 Å². The van der Waals surface area contributed by atoms with Gasteiger partial charge in [-0.15, -0.1) is 0 Å². The lowest BCUT2D eigenvalue weighted by molar-refractivity contribution is -0.114. The first-order chi connectivity index (χ1) is 11.0. The fourth-order valence-corrected chi connectivity index (χ4v) is 2.13. The second-order valence-corrected chi connectivity index (χ2v) is 4.75. The summed E-state index contributed by atoms with van der Waals surface area (Å²) < 4.78 is 0. The number of nitrogens with two attached hydrogens (primary N) is 1. The molecule has 120 valence electrons. The van der Waals surface area contributed by atoms with Crippen LogP contribution in [0.4, 0.5) is 11.9 Å². The van der Waals surface area contributed by atoms with Gasteiger partial charge in [-0.2, -0.15) is 0 Å². The second kappa shape index (κ2) is 6.87. The number of nitrogens with zero attached hydrogens (tertiary/aromatic N) is 3. The highest BCUT2D eigenvalue weighted by molar-refractivity contribution is 5.90. The largest absolute Gasteiger partial charge is 0.368 e. The fraction of sp³-hybridized carbons (Fsp3) is 0.250. The van der Waals surface area contributed by atoms with Crippen molar-refractivity contribution in [1.82, 2.24) is 19.9 Å². The lowest BCUT2D eigenvalue weighted by Gasteiger charge is -2.03. The SMILES string of the molecule is CC.CC(=O)Nc1nc2ccc(-c3cc(C)nc(N)n3)cc2[nH]1. The van der Waals surface area contributed by atoms with Crippen LogP contribution in [0.15, 0.2) is 24.3 Å². The van der Waals surface area contributed by atoms with Gasteiger partial charge in [0.05, 0.1) is 16.7 Å². The maximum Gasteiger partial charge on any atom is 0.223 e. The van der Waals surface area contributed by atoms with Gasteiger partial charge in [0.1, 0.15) is 0 Å². The molecule has 0 saturated heterocycles. The summed E-state index contributed by atoms with van der Waals surface area (Å²) in [4.78, 5) is 26.7. The number of imidazole rings is 1. The molecule has 2 aromatic heterocycles. The summed E-state index contributed by atoms with van der Waals surface area (Å²) >= 11 is 0. The second-order valence-electron chi connectivity index (χ2n) is 4.75. The number of hydrogen-bond donors (Lipinski definition) is 3. The first kappa shape index (κ1) is 16.4. The summed E-state index contributed by atoms with van der Waals surface area (Å²) in [7, 11) is 0. The predicted molar refractivity (Wildman–Crippen MR) is 91.9 cm³/mol. The minimum absolute atomic E-state index is 0.173. The average Bonchev–Trinajstić information content (AvgIpc) is 2.88. The smallest absolute Gasteiger partial charge is 0.223 e. The quantitative estimate of drug-likeness (QED) is 0.674. The van der Waals surface area contributed by atoms with E-state index < -0.39 is 0 Å². The lowest BCUT2D eigenvalue weighted by atomic mass is 10.1. The topological polar surface area (TPSA) is 110 Å². The van der Waals surface area contributed by atoms with Crippen LogP contribution in [0, 0.1) is 6.92 Å². The predicted octanol–water partition coefficient (Wildman–Crippen LogP) is 2.90. The molecule has 0 radical (unpaired) electrons. The maximum atomic E-state index is 11.1. The highest BCUT2D eigenvalue weighted by Gasteiger charge is 2.08. The number of aromatic nitrogens is 4. The number of amides is 1. The van der Waals surface area contributed by atoms with E-state index in [1.54, 1.807) is 0 Å². The number of benzene rings is 1. The number of anilines is 2. The molecule has 0 fully saturated rings. The van der Waals surface area contributed by atoms with E-state index in [2.05, 4.69) is 25.3 Å². The van der Waals surface area contributed by atoms with Crippen molar-refractivity contribution in [2.24, 2.45) is 0 Å². The number of hydrogen-bond acceptors (Lipinski definition) is 5. The minimum atomic E-state index is -0.173. The average molecular weight is 312 g/mol. The summed E-state index contributed by atoms with van der Waals surface area (Å²) in [6.45, 7) is 7.30. The highest BCUT2D eigenvalue weighted by Crippen LogP contribution is 2.23. The van der Waals surface area contributed by atoms with Crippen LogP contribution in [-0.2, 0) is 4.79 Å². The zero-order valence-corrected chi connectivity index (χ0v) is 13.6. The Labute approximate surface area is 134 Å². The molecule has 0 aliphatic heterocycles. The molecule has 1 amide bonds. The van der Waals surface area contributed by atoms with Crippen LogP contribution in [0.3, 0.4) is 0 Å². The fourth-order valence-electron chi connectivity index (χ4n) is 2.13. The molecule has 0 aliphatic rings. The molecule has 3 aromatic rings. The zero-order chi connectivity index (χ0) is 17.0. The standard InChI is InChI=1S/C14H14N6O.C2H6/c1-7-5-11(18-13(15)16-7)9-3-4-10-12(6-9)20-14(19-10)17-8(2)21;1-2/h3-6H,1-2H3,(H2,15,16,18)(H2,17,19,20,21);1-2H3. The number of aryl methyl sites for hydroxylation is 1. The number of rotatable bonds is 2. The highest BCUT2D eigenvalue weighted by atomic mass is 16.1. The minimum Gasteiger partial charge on any atom is -0.368 e. The summed E-state index contributed by atoms with van der Waals surface area (Å²) in [6.07, 6.45) is 0. The molecule has 0 unspecified atom stereocenters. The van der Waals surface area contributed by atoms with E-state index >= 15 is 0 Å². The van der Waals surface area contributed by atoms with Crippen molar-refractivity contribution in [1.29, 1.82) is 0 Å². The molecule has 3 rings (SSSR count). The van der Waals surface area contributed by atoms with Gasteiger partial charge < -0.3 is 10.7 Å². The normalized spacial score (nSPS) is 10.1. The van der Waals surface area contributed by atoms with Crippen LogP contribution in [0.25, 0.3) is 22.3 Å². The first-order valence-corrected chi connectivity index (χ1v) is 7.40. The molecule has 23 heavy (non-hydrogen) atoms. The molecule has 2 heterocycles. The van der Waals surface area contributed by atoms with Gasteiger partial charge in [-0.1, -0.05) is 19.9 Å². The number of carbonyl (C=O) groups excluding carboxylic acids is 1. The van der Waals surface area contributed by atoms with E-state index in [1.165, 1.54) is 6.92 Å². The zero-order valence-electron chi connectivity index (χ0n) is 13.6. The van der Waals surface area contributed by atoms with Crippen molar-refractivity contribution in [2.75, 3.05) is 11.1 Å². The van der Waals surface area contributed by atoms with E-state index in [0.29, 0.717) is 5.95 Å². The van der Waals surface area contributed by atoms with E-state index in [1.807, 2.05) is 45.0 Å². The molecule has 0 spiro atoms. The summed E-state index contributed by atoms with van der Waals surface area (Å²) in [6, 6.07) is 7.54. The first-order valence-electron chi connectivity index (χ1n) is 7.40. The molecule has 1 aromatic carbocycles. The van der Waals surface area contributed by atoms with Gasteiger partial charge in [0.25, 0.3) is 0 Å². The van der Waals surface area contributed by atoms with E-state index in [4.69, 9.17) is 5.73 Å². The van der Waals surface area contributed by atoms with Crippen LogP contribution in [0.1, 0.15) is 26.5 Å². The molecule has 0 bridgehead atoms. The molecule has 0 atom stereocenters. The third-order valence-electron chi connectivity index (χ3n) is 2.94. The van der Waals surface area contributed by atoms with Gasteiger partial charge in [0.15, 0.2) is 0 Å². The Morgan fingerprint density at radius 1 is 1.17 bits per heavy atom. The molecule has 0 saturated carbocycles. The molecule has 4 N–H and O–H groups in total. The summed E-state index contributed by atoms with van der Waals surface area (Å²) in [5.41, 5.74) is 9.71. The Hall–Kier alpha value is -2.96.